The van der Waals surface area contributed by atoms with Gasteiger partial charge in [0.05, 0.1) is 0 Å². The van der Waals surface area contributed by atoms with Crippen LogP contribution < -0.4 is 0 Å². The van der Waals surface area contributed by atoms with Crippen LogP contribution in [0, 0.1) is 35.6 Å². The molecule has 3 saturated heterocycles. The van der Waals surface area contributed by atoms with Crippen molar-refractivity contribution in [3.63, 3.8) is 0 Å². The van der Waals surface area contributed by atoms with Gasteiger partial charge in [-0.1, -0.05) is 0 Å². The Bertz CT molecular complexity index is 364. The molecule has 3 rings (SSSR count). The summed E-state index contributed by atoms with van der Waals surface area (Å²) in [5.41, 5.74) is 0. The van der Waals surface area contributed by atoms with E-state index in [-0.39, 0.29) is 50.9 Å². The van der Waals surface area contributed by atoms with E-state index < -0.39 is 0 Å². The molecule has 3 fully saturated rings. The Balaban J connectivity index is 0.000000339. The Labute approximate surface area is 207 Å². The average molecular weight is 584 g/mol. The van der Waals surface area contributed by atoms with E-state index in [9.17, 15) is 14.4 Å². The van der Waals surface area contributed by atoms with Crippen LogP contribution in [0.3, 0.4) is 0 Å². The molecule has 3 atom stereocenters. The van der Waals surface area contributed by atoms with Crippen LogP contribution in [0.1, 0.15) is 38.5 Å². The summed E-state index contributed by atoms with van der Waals surface area (Å²) in [6.07, 6.45) is 5.60. The first kappa shape index (κ1) is 27.3. The Morgan fingerprint density at radius 3 is 0.880 bits per heavy atom. The molecule has 0 aromatic heterocycles. The van der Waals surface area contributed by atoms with Gasteiger partial charge in [-0.2, -0.15) is 35.3 Å². The number of thioether (sulfide) groups is 3. The van der Waals surface area contributed by atoms with Crippen LogP contribution in [0.25, 0.3) is 0 Å². The molecular weight excluding hydrogens is 559 g/mol. The average Bonchev–Trinajstić information content (AvgIpc) is 2.35. The van der Waals surface area contributed by atoms with Gasteiger partial charge in [0.2, 0.25) is 0 Å². The normalized spacial score (nSPS) is 25.8. The first-order valence-electron chi connectivity index (χ1n) is 7.87. The van der Waals surface area contributed by atoms with Crippen molar-refractivity contribution in [3.8, 4) is 0 Å². The quantitative estimate of drug-likeness (QED) is 0.411. The summed E-state index contributed by atoms with van der Waals surface area (Å²) in [6.45, 7) is 0. The van der Waals surface area contributed by atoms with Crippen molar-refractivity contribution in [2.24, 2.45) is 0 Å². The van der Waals surface area contributed by atoms with Crippen molar-refractivity contribution in [2.75, 3.05) is 17.3 Å². The summed E-state index contributed by atoms with van der Waals surface area (Å²) in [5, 5.41) is 1.88. The van der Waals surface area contributed by atoms with Gasteiger partial charge in [-0.05, 0) is 36.5 Å². The molecule has 3 heterocycles. The topological polar surface area (TPSA) is 51.2 Å². The SMILES string of the molecule is O=C(S)CC1CCS1.O=C(S)CC1CCS1.O=C(S)CC1CCS1.[La]. The third-order valence-corrected chi connectivity index (χ3v) is 8.17. The zero-order valence-corrected chi connectivity index (χ0v) is 22.7. The largest absolute Gasteiger partial charge is 0.287 e. The van der Waals surface area contributed by atoms with Gasteiger partial charge in [0.1, 0.15) is 0 Å². The van der Waals surface area contributed by atoms with Gasteiger partial charge in [0, 0.05) is 70.6 Å². The molecule has 1 radical (unpaired) electrons. The predicted molar refractivity (Wildman–Crippen MR) is 118 cm³/mol. The maximum atomic E-state index is 10.3. The van der Waals surface area contributed by atoms with Crippen molar-refractivity contribution >= 4 is 88.5 Å². The first-order chi connectivity index (χ1) is 11.4. The van der Waals surface area contributed by atoms with Gasteiger partial charge in [-0.3, -0.25) is 14.4 Å². The van der Waals surface area contributed by atoms with Crippen LogP contribution in [0.4, 0.5) is 0 Å². The van der Waals surface area contributed by atoms with E-state index >= 15 is 0 Å². The van der Waals surface area contributed by atoms with Crippen LogP contribution in [-0.2, 0) is 14.4 Å². The fourth-order valence-electron chi connectivity index (χ4n) is 1.92. The van der Waals surface area contributed by atoms with Crippen molar-refractivity contribution in [1.82, 2.24) is 0 Å². The van der Waals surface area contributed by atoms with E-state index in [1.807, 2.05) is 35.3 Å². The number of carbonyl (C=O) groups excluding carboxylic acids is 3. The molecule has 3 nitrogen and oxygen atoms in total. The molecule has 3 unspecified atom stereocenters. The van der Waals surface area contributed by atoms with Gasteiger partial charge in [-0.15, -0.1) is 37.9 Å². The van der Waals surface area contributed by atoms with Gasteiger partial charge in [0.25, 0.3) is 0 Å². The second-order valence-corrected chi connectivity index (χ2v) is 11.4. The third kappa shape index (κ3) is 14.9. The molecule has 0 saturated carbocycles. The van der Waals surface area contributed by atoms with Gasteiger partial charge >= 0.3 is 0 Å². The minimum Gasteiger partial charge on any atom is -0.287 e. The molecule has 3 aliphatic rings. The first-order valence-corrected chi connectivity index (χ1v) is 12.4. The molecule has 25 heavy (non-hydrogen) atoms. The molecule has 0 aliphatic carbocycles. The molecule has 10 heteroatoms. The van der Waals surface area contributed by atoms with Crippen LogP contribution >= 0.6 is 73.2 Å². The summed E-state index contributed by atoms with van der Waals surface area (Å²) in [6, 6.07) is 0. The van der Waals surface area contributed by atoms with E-state index in [1.54, 1.807) is 0 Å². The Kier molecular flexibility index (Phi) is 17.6. The fraction of sp³-hybridized carbons (Fsp3) is 0.800. The second kappa shape index (κ2) is 16.1. The van der Waals surface area contributed by atoms with E-state index in [0.717, 1.165) is 0 Å². The molecule has 0 aromatic rings. The Hall–Kier alpha value is 2.30. The monoisotopic (exact) mass is 583 g/mol. The standard InChI is InChI=1S/3C5H8OS2.La/c3*6-5(7)3-4-1-2-8-4;/h3*4H,1-3H2,(H,6,7);. The molecule has 3 aliphatic heterocycles. The Morgan fingerprint density at radius 1 is 0.640 bits per heavy atom. The number of rotatable bonds is 6. The van der Waals surface area contributed by atoms with E-state index in [2.05, 4.69) is 37.9 Å². The summed E-state index contributed by atoms with van der Waals surface area (Å²) in [7, 11) is 0. The van der Waals surface area contributed by atoms with Crippen LogP contribution in [0.15, 0.2) is 0 Å². The molecule has 0 amide bonds. The Morgan fingerprint density at radius 2 is 0.840 bits per heavy atom. The van der Waals surface area contributed by atoms with Crippen molar-refractivity contribution < 1.29 is 50.0 Å². The fourth-order valence-corrected chi connectivity index (χ4v) is 5.47. The minimum atomic E-state index is 0. The van der Waals surface area contributed by atoms with Gasteiger partial charge in [-0.25, -0.2) is 0 Å². The molecule has 0 bridgehead atoms. The van der Waals surface area contributed by atoms with E-state index in [4.69, 9.17) is 0 Å². The van der Waals surface area contributed by atoms with Crippen molar-refractivity contribution in [2.45, 2.75) is 54.3 Å². The van der Waals surface area contributed by atoms with Crippen LogP contribution in [0.5, 0.6) is 0 Å². The number of carbonyl (C=O) groups is 3. The van der Waals surface area contributed by atoms with E-state index in [0.29, 0.717) is 35.0 Å². The van der Waals surface area contributed by atoms with Gasteiger partial charge in [0.15, 0.2) is 15.3 Å². The summed E-state index contributed by atoms with van der Waals surface area (Å²) >= 11 is 16.6. The van der Waals surface area contributed by atoms with Gasteiger partial charge < -0.3 is 0 Å². The molecular formula is C15H24LaO3S6. The summed E-state index contributed by atoms with van der Waals surface area (Å²) in [4.78, 5) is 30.9. The zero-order chi connectivity index (χ0) is 17.9. The number of hydrogen-bond acceptors (Lipinski definition) is 6. The third-order valence-electron chi connectivity index (χ3n) is 3.59. The predicted octanol–water partition coefficient (Wildman–Crippen LogP) is 4.02. The number of hydrogen-bond donors (Lipinski definition) is 3. The molecule has 0 aromatic carbocycles. The zero-order valence-electron chi connectivity index (χ0n) is 14.0. The summed E-state index contributed by atoms with van der Waals surface area (Å²) in [5.74, 6) is 3.68. The second-order valence-electron chi connectivity index (χ2n) is 5.64. The van der Waals surface area contributed by atoms with Crippen LogP contribution in [-0.4, -0.2) is 48.4 Å². The minimum absolute atomic E-state index is 0. The van der Waals surface area contributed by atoms with E-state index in [1.165, 1.54) is 36.5 Å². The molecule has 0 spiro atoms. The number of thiol groups is 3. The van der Waals surface area contributed by atoms with Crippen molar-refractivity contribution in [3.05, 3.63) is 0 Å². The van der Waals surface area contributed by atoms with Crippen LogP contribution in [0.2, 0.25) is 0 Å². The summed E-state index contributed by atoms with van der Waals surface area (Å²) < 4.78 is 0. The smallest absolute Gasteiger partial charge is 0.187 e. The maximum Gasteiger partial charge on any atom is 0.187 e. The molecule has 141 valence electrons. The molecule has 0 N–H and O–H groups in total. The maximum absolute atomic E-state index is 10.3. The van der Waals surface area contributed by atoms with Crippen molar-refractivity contribution in [1.29, 1.82) is 0 Å².